The molecule has 1 aromatic carbocycles. The molecule has 1 aromatic rings. The molecule has 0 unspecified atom stereocenters. The maximum absolute atomic E-state index is 13.8. The van der Waals surface area contributed by atoms with Crippen LogP contribution in [-0.4, -0.2) is 34.1 Å². The van der Waals surface area contributed by atoms with Crippen molar-refractivity contribution in [2.24, 2.45) is 0 Å². The summed E-state index contributed by atoms with van der Waals surface area (Å²) in [6.45, 7) is 0. The Labute approximate surface area is 154 Å². The van der Waals surface area contributed by atoms with Crippen LogP contribution in [0.2, 0.25) is 0 Å². The first-order valence-corrected chi connectivity index (χ1v) is 8.84. The monoisotopic (exact) mass is 389 g/mol. The Morgan fingerprint density at radius 2 is 1.89 bits per heavy atom. The normalized spacial score (nSPS) is 18.4. The molecule has 0 aliphatic heterocycles. The first kappa shape index (κ1) is 21.4. The van der Waals surface area contributed by atoms with E-state index in [2.05, 4.69) is 0 Å². The fourth-order valence-corrected chi connectivity index (χ4v) is 3.11. The van der Waals surface area contributed by atoms with Gasteiger partial charge in [-0.15, -0.1) is 0 Å². The van der Waals surface area contributed by atoms with Crippen molar-refractivity contribution in [2.45, 2.75) is 63.0 Å². The molecule has 27 heavy (non-hydrogen) atoms. The SMILES string of the molecule is O=C(N[C@@H](O)CCc1cc(F)cc(C=CC2(O)CCCCC2)c1)C(F)(F)F. The Morgan fingerprint density at radius 3 is 2.52 bits per heavy atom. The molecule has 0 heterocycles. The second kappa shape index (κ2) is 8.84. The maximum Gasteiger partial charge on any atom is 0.471 e. The number of nitrogens with one attached hydrogen (secondary N) is 1. The Morgan fingerprint density at radius 1 is 1.22 bits per heavy atom. The van der Waals surface area contributed by atoms with E-state index < -0.39 is 29.7 Å². The van der Waals surface area contributed by atoms with Gasteiger partial charge in [0.1, 0.15) is 12.0 Å². The molecule has 1 aliphatic rings. The highest BCUT2D eigenvalue weighted by molar-refractivity contribution is 5.81. The highest BCUT2D eigenvalue weighted by Gasteiger charge is 2.39. The molecule has 0 radical (unpaired) electrons. The lowest BCUT2D eigenvalue weighted by Gasteiger charge is -2.28. The minimum absolute atomic E-state index is 0.0716. The largest absolute Gasteiger partial charge is 0.471 e. The van der Waals surface area contributed by atoms with Crippen LogP contribution in [-0.2, 0) is 11.2 Å². The summed E-state index contributed by atoms with van der Waals surface area (Å²) in [5.41, 5.74) is 0.0754. The van der Waals surface area contributed by atoms with Crippen LogP contribution in [0.4, 0.5) is 17.6 Å². The van der Waals surface area contributed by atoms with E-state index in [0.717, 1.165) is 19.3 Å². The lowest BCUT2D eigenvalue weighted by atomic mass is 9.84. The summed E-state index contributed by atoms with van der Waals surface area (Å²) in [5.74, 6) is -2.75. The van der Waals surface area contributed by atoms with Gasteiger partial charge in [0.25, 0.3) is 0 Å². The van der Waals surface area contributed by atoms with Crippen LogP contribution in [0.25, 0.3) is 6.08 Å². The summed E-state index contributed by atoms with van der Waals surface area (Å²) in [4.78, 5) is 10.8. The van der Waals surface area contributed by atoms with Crippen LogP contribution >= 0.6 is 0 Å². The molecule has 0 spiro atoms. The summed E-state index contributed by atoms with van der Waals surface area (Å²) < 4.78 is 50.2. The van der Waals surface area contributed by atoms with Crippen molar-refractivity contribution in [1.82, 2.24) is 5.32 Å². The van der Waals surface area contributed by atoms with Gasteiger partial charge in [-0.05, 0) is 48.9 Å². The molecular weight excluding hydrogens is 366 g/mol. The van der Waals surface area contributed by atoms with Gasteiger partial charge in [0.15, 0.2) is 0 Å². The average molecular weight is 389 g/mol. The summed E-state index contributed by atoms with van der Waals surface area (Å²) >= 11 is 0. The van der Waals surface area contributed by atoms with Crippen LogP contribution < -0.4 is 5.32 Å². The van der Waals surface area contributed by atoms with E-state index >= 15 is 0 Å². The highest BCUT2D eigenvalue weighted by Crippen LogP contribution is 2.30. The number of alkyl halides is 3. The average Bonchev–Trinajstić information content (AvgIpc) is 2.58. The highest BCUT2D eigenvalue weighted by atomic mass is 19.4. The third-order valence-corrected chi connectivity index (χ3v) is 4.55. The molecule has 1 fully saturated rings. The van der Waals surface area contributed by atoms with Gasteiger partial charge < -0.3 is 15.5 Å². The molecule has 1 saturated carbocycles. The Kier molecular flexibility index (Phi) is 7.00. The molecule has 2 rings (SSSR count). The molecular formula is C19H23F4NO3. The summed E-state index contributed by atoms with van der Waals surface area (Å²) in [6, 6.07) is 4.13. The summed E-state index contributed by atoms with van der Waals surface area (Å²) in [7, 11) is 0. The first-order chi connectivity index (χ1) is 12.6. The predicted molar refractivity (Wildman–Crippen MR) is 92.0 cm³/mol. The zero-order valence-electron chi connectivity index (χ0n) is 14.7. The third kappa shape index (κ3) is 6.95. The molecule has 1 amide bonds. The summed E-state index contributed by atoms with van der Waals surface area (Å²) in [6.07, 6.45) is 0.624. The molecule has 3 N–H and O–H groups in total. The van der Waals surface area contributed by atoms with Crippen LogP contribution in [0.15, 0.2) is 24.3 Å². The van der Waals surface area contributed by atoms with E-state index in [1.165, 1.54) is 17.4 Å². The number of hydrogen-bond acceptors (Lipinski definition) is 3. The van der Waals surface area contributed by atoms with Crippen molar-refractivity contribution in [3.63, 3.8) is 0 Å². The van der Waals surface area contributed by atoms with Crippen LogP contribution in [0.5, 0.6) is 0 Å². The van der Waals surface area contributed by atoms with E-state index in [0.29, 0.717) is 24.0 Å². The van der Waals surface area contributed by atoms with E-state index in [9.17, 15) is 32.6 Å². The van der Waals surface area contributed by atoms with Crippen molar-refractivity contribution >= 4 is 12.0 Å². The van der Waals surface area contributed by atoms with Crippen LogP contribution in [0.1, 0.15) is 49.7 Å². The molecule has 0 bridgehead atoms. The van der Waals surface area contributed by atoms with Crippen molar-refractivity contribution < 1.29 is 32.6 Å². The molecule has 1 aliphatic carbocycles. The Bertz CT molecular complexity index is 682. The minimum atomic E-state index is -5.07. The van der Waals surface area contributed by atoms with Gasteiger partial charge in [-0.25, -0.2) is 4.39 Å². The second-order valence-corrected chi connectivity index (χ2v) is 6.92. The predicted octanol–water partition coefficient (Wildman–Crippen LogP) is 3.46. The smallest absolute Gasteiger partial charge is 0.386 e. The van der Waals surface area contributed by atoms with Crippen molar-refractivity contribution in [1.29, 1.82) is 0 Å². The summed E-state index contributed by atoms with van der Waals surface area (Å²) in [5, 5.41) is 21.4. The minimum Gasteiger partial charge on any atom is -0.386 e. The zero-order valence-corrected chi connectivity index (χ0v) is 14.7. The Balaban J connectivity index is 1.97. The van der Waals surface area contributed by atoms with Crippen molar-refractivity contribution in [3.8, 4) is 0 Å². The number of aliphatic hydroxyl groups is 2. The molecule has 0 saturated heterocycles. The van der Waals surface area contributed by atoms with Gasteiger partial charge >= 0.3 is 12.1 Å². The molecule has 8 heteroatoms. The van der Waals surface area contributed by atoms with E-state index in [-0.39, 0.29) is 12.8 Å². The quantitative estimate of drug-likeness (QED) is 0.516. The zero-order chi connectivity index (χ0) is 20.1. The van der Waals surface area contributed by atoms with Crippen LogP contribution in [0.3, 0.4) is 0 Å². The molecule has 0 aromatic heterocycles. The number of rotatable bonds is 6. The van der Waals surface area contributed by atoms with Crippen molar-refractivity contribution in [3.05, 3.63) is 41.2 Å². The lowest BCUT2D eigenvalue weighted by Crippen LogP contribution is -2.43. The number of aryl methyl sites for hydroxylation is 1. The van der Waals surface area contributed by atoms with Crippen LogP contribution in [0, 0.1) is 5.82 Å². The van der Waals surface area contributed by atoms with Gasteiger partial charge in [0.05, 0.1) is 5.60 Å². The first-order valence-electron chi connectivity index (χ1n) is 8.84. The fourth-order valence-electron chi connectivity index (χ4n) is 3.11. The molecule has 1 atom stereocenters. The molecule has 150 valence electrons. The lowest BCUT2D eigenvalue weighted by molar-refractivity contribution is -0.176. The number of benzene rings is 1. The number of aliphatic hydroxyl groups excluding tert-OH is 1. The van der Waals surface area contributed by atoms with Gasteiger partial charge in [0, 0.05) is 0 Å². The topological polar surface area (TPSA) is 69.6 Å². The van der Waals surface area contributed by atoms with Gasteiger partial charge in [-0.3, -0.25) is 4.79 Å². The number of carbonyl (C=O) groups is 1. The number of halogens is 4. The standard InChI is InChI=1S/C19H23F4NO3/c20-15-11-13(4-5-16(25)24-17(26)19(21,22)23)10-14(12-15)6-9-18(27)7-2-1-3-8-18/h6,9-12,16,25,27H,1-5,7-8H2,(H,24,26)/t16-/m0/s1. The second-order valence-electron chi connectivity index (χ2n) is 6.92. The number of amides is 1. The maximum atomic E-state index is 13.8. The Hall–Kier alpha value is -1.93. The van der Waals surface area contributed by atoms with Gasteiger partial charge in [-0.2, -0.15) is 13.2 Å². The van der Waals surface area contributed by atoms with E-state index in [1.54, 1.807) is 18.2 Å². The fraction of sp³-hybridized carbons (Fsp3) is 0.526. The van der Waals surface area contributed by atoms with E-state index in [1.807, 2.05) is 0 Å². The number of hydrogen-bond donors (Lipinski definition) is 3. The van der Waals surface area contributed by atoms with Gasteiger partial charge in [-0.1, -0.05) is 37.5 Å². The molecule has 4 nitrogen and oxygen atoms in total. The van der Waals surface area contributed by atoms with E-state index in [4.69, 9.17) is 0 Å². The van der Waals surface area contributed by atoms with Gasteiger partial charge in [0.2, 0.25) is 0 Å². The third-order valence-electron chi connectivity index (χ3n) is 4.55. The number of carbonyl (C=O) groups excluding carboxylic acids is 1. The van der Waals surface area contributed by atoms with Crippen molar-refractivity contribution in [2.75, 3.05) is 0 Å².